The van der Waals surface area contributed by atoms with E-state index in [1.807, 2.05) is 0 Å². The van der Waals surface area contributed by atoms with Crippen LogP contribution in [0.2, 0.25) is 0 Å². The molecule has 0 amide bonds. The van der Waals surface area contributed by atoms with Crippen LogP contribution >= 0.6 is 0 Å². The lowest BCUT2D eigenvalue weighted by Gasteiger charge is -2.14. The molecule has 0 aromatic heterocycles. The Balaban J connectivity index is 4.27. The van der Waals surface area contributed by atoms with Gasteiger partial charge >= 0.3 is 0 Å². The van der Waals surface area contributed by atoms with Crippen molar-refractivity contribution in [1.29, 1.82) is 0 Å². The maximum Gasteiger partial charge on any atom is 0.213 e. The molecule has 0 rings (SSSR count). The van der Waals surface area contributed by atoms with Crippen molar-refractivity contribution in [2.45, 2.75) is 6.92 Å². The average Bonchev–Trinajstić information content (AvgIpc) is 1.98. The number of sulfonamides is 1. The fourth-order valence-corrected chi connectivity index (χ4v) is 2.19. The molecule has 0 heterocycles. The normalized spacial score (nSPS) is 13.5. The summed E-state index contributed by atoms with van der Waals surface area (Å²) in [6, 6.07) is 0. The largest absolute Gasteiger partial charge is 0.229 e. The Kier molecular flexibility index (Phi) is 4.34. The van der Waals surface area contributed by atoms with Gasteiger partial charge in [-0.15, -0.1) is 0 Å². The number of sulfone groups is 1. The first-order valence-electron chi connectivity index (χ1n) is 3.81. The summed E-state index contributed by atoms with van der Waals surface area (Å²) < 4.78 is 44.8. The maximum atomic E-state index is 11.1. The van der Waals surface area contributed by atoms with Crippen molar-refractivity contribution >= 4 is 19.9 Å². The summed E-state index contributed by atoms with van der Waals surface area (Å²) in [5.74, 6) is -0.143. The van der Waals surface area contributed by atoms with Gasteiger partial charge in [-0.1, -0.05) is 0 Å². The minimum absolute atomic E-state index is 0.00668. The predicted molar refractivity (Wildman–Crippen MR) is 51.8 cm³/mol. The van der Waals surface area contributed by atoms with Gasteiger partial charge < -0.3 is 0 Å². The molecule has 0 atom stereocenters. The molecule has 80 valence electrons. The van der Waals surface area contributed by atoms with Crippen molar-refractivity contribution in [2.24, 2.45) is 0 Å². The lowest BCUT2D eigenvalue weighted by molar-refractivity contribution is 0.486. The van der Waals surface area contributed by atoms with Crippen LogP contribution in [-0.4, -0.2) is 52.5 Å². The maximum absolute atomic E-state index is 11.1. The molecule has 5 nitrogen and oxygen atoms in total. The summed E-state index contributed by atoms with van der Waals surface area (Å²) >= 11 is 0. The molecule has 7 heteroatoms. The van der Waals surface area contributed by atoms with Crippen molar-refractivity contribution in [2.75, 3.05) is 31.4 Å². The molecule has 0 aliphatic heterocycles. The fraction of sp³-hybridized carbons (Fsp3) is 1.00. The quantitative estimate of drug-likeness (QED) is 0.626. The van der Waals surface area contributed by atoms with Gasteiger partial charge in [0.25, 0.3) is 0 Å². The van der Waals surface area contributed by atoms with E-state index in [1.165, 1.54) is 14.0 Å². The molecule has 0 bridgehead atoms. The highest BCUT2D eigenvalue weighted by Crippen LogP contribution is 1.97. The first-order valence-corrected chi connectivity index (χ1v) is 7.48. The SMILES string of the molecule is CCS(=O)(=O)N(C)CCS(C)(=O)=O. The van der Waals surface area contributed by atoms with Crippen LogP contribution in [0.25, 0.3) is 0 Å². The second-order valence-corrected chi connectivity index (χ2v) is 7.48. The van der Waals surface area contributed by atoms with E-state index in [-0.39, 0.29) is 18.1 Å². The summed E-state index contributed by atoms with van der Waals surface area (Å²) in [6.07, 6.45) is 1.08. The van der Waals surface area contributed by atoms with E-state index < -0.39 is 19.9 Å². The highest BCUT2D eigenvalue weighted by Gasteiger charge is 2.16. The molecule has 0 aromatic carbocycles. The molecular formula is C6H15NO4S2. The molecule has 0 aliphatic carbocycles. The zero-order valence-corrected chi connectivity index (χ0v) is 9.65. The summed E-state index contributed by atoms with van der Waals surface area (Å²) in [5, 5.41) is 0. The van der Waals surface area contributed by atoms with Gasteiger partial charge in [0, 0.05) is 19.8 Å². The summed E-state index contributed by atoms with van der Waals surface area (Å²) in [4.78, 5) is 0. The highest BCUT2D eigenvalue weighted by molar-refractivity contribution is 7.91. The molecule has 13 heavy (non-hydrogen) atoms. The lowest BCUT2D eigenvalue weighted by Crippen LogP contribution is -2.32. The minimum atomic E-state index is -3.25. The summed E-state index contributed by atoms with van der Waals surface area (Å²) in [6.45, 7) is 1.54. The third-order valence-electron chi connectivity index (χ3n) is 1.62. The van der Waals surface area contributed by atoms with E-state index in [2.05, 4.69) is 0 Å². The third kappa shape index (κ3) is 5.22. The molecule has 0 N–H and O–H groups in total. The highest BCUT2D eigenvalue weighted by atomic mass is 32.2. The van der Waals surface area contributed by atoms with Crippen molar-refractivity contribution in [3.05, 3.63) is 0 Å². The van der Waals surface area contributed by atoms with Crippen molar-refractivity contribution in [3.63, 3.8) is 0 Å². The smallest absolute Gasteiger partial charge is 0.213 e. The number of hydrogen-bond acceptors (Lipinski definition) is 4. The topological polar surface area (TPSA) is 71.5 Å². The van der Waals surface area contributed by atoms with Crippen LogP contribution < -0.4 is 0 Å². The molecule has 0 radical (unpaired) electrons. The van der Waals surface area contributed by atoms with Crippen molar-refractivity contribution < 1.29 is 16.8 Å². The van der Waals surface area contributed by atoms with Gasteiger partial charge in [-0.2, -0.15) is 0 Å². The standard InChI is InChI=1S/C6H15NO4S2/c1-4-13(10,11)7(2)5-6-12(3,8)9/h4-6H2,1-3H3. The van der Waals surface area contributed by atoms with E-state index in [4.69, 9.17) is 0 Å². The molecule has 0 unspecified atom stereocenters. The van der Waals surface area contributed by atoms with Crippen molar-refractivity contribution in [1.82, 2.24) is 4.31 Å². The van der Waals surface area contributed by atoms with Crippen LogP contribution in [0.5, 0.6) is 0 Å². The van der Waals surface area contributed by atoms with Gasteiger partial charge in [0.2, 0.25) is 10.0 Å². The van der Waals surface area contributed by atoms with E-state index in [1.54, 1.807) is 0 Å². The van der Waals surface area contributed by atoms with Crippen LogP contribution in [0.1, 0.15) is 6.92 Å². The monoisotopic (exact) mass is 229 g/mol. The summed E-state index contributed by atoms with van der Waals surface area (Å²) in [7, 11) is -4.97. The fourth-order valence-electron chi connectivity index (χ4n) is 0.654. The van der Waals surface area contributed by atoms with Gasteiger partial charge in [-0.25, -0.2) is 21.1 Å². The Hall–Kier alpha value is -0.140. The number of rotatable bonds is 5. The molecule has 0 fully saturated rings. The van der Waals surface area contributed by atoms with E-state index in [0.717, 1.165) is 10.6 Å². The average molecular weight is 229 g/mol. The molecular weight excluding hydrogens is 214 g/mol. The van der Waals surface area contributed by atoms with Crippen LogP contribution in [-0.2, 0) is 19.9 Å². The van der Waals surface area contributed by atoms with Crippen LogP contribution in [0.4, 0.5) is 0 Å². The Morgan fingerprint density at radius 3 is 1.92 bits per heavy atom. The Labute approximate surface area is 79.7 Å². The van der Waals surface area contributed by atoms with Gasteiger partial charge in [0.15, 0.2) is 0 Å². The van der Waals surface area contributed by atoms with Crippen molar-refractivity contribution in [3.8, 4) is 0 Å². The molecule has 0 saturated heterocycles. The minimum Gasteiger partial charge on any atom is -0.229 e. The summed E-state index contributed by atoms with van der Waals surface area (Å²) in [5.41, 5.74) is 0. The zero-order chi connectivity index (χ0) is 10.7. The Morgan fingerprint density at radius 1 is 1.15 bits per heavy atom. The second-order valence-electron chi connectivity index (χ2n) is 2.85. The van der Waals surface area contributed by atoms with Gasteiger partial charge in [0.1, 0.15) is 9.84 Å². The van der Waals surface area contributed by atoms with E-state index in [0.29, 0.717) is 0 Å². The first kappa shape index (κ1) is 12.9. The van der Waals surface area contributed by atoms with Gasteiger partial charge in [-0.3, -0.25) is 0 Å². The number of hydrogen-bond donors (Lipinski definition) is 0. The zero-order valence-electron chi connectivity index (χ0n) is 8.02. The van der Waals surface area contributed by atoms with Crippen LogP contribution in [0.15, 0.2) is 0 Å². The van der Waals surface area contributed by atoms with E-state index >= 15 is 0 Å². The second kappa shape index (κ2) is 4.39. The molecule has 0 aliphatic rings. The number of nitrogens with zero attached hydrogens (tertiary/aromatic N) is 1. The predicted octanol–water partition coefficient (Wildman–Crippen LogP) is -0.687. The van der Waals surface area contributed by atoms with Crippen LogP contribution in [0, 0.1) is 0 Å². The Morgan fingerprint density at radius 2 is 1.62 bits per heavy atom. The Bertz CT molecular complexity index is 343. The molecule has 0 aromatic rings. The lowest BCUT2D eigenvalue weighted by atomic mass is 10.8. The molecule has 0 saturated carbocycles. The molecule has 0 spiro atoms. The first-order chi connectivity index (χ1) is 5.69. The van der Waals surface area contributed by atoms with Gasteiger partial charge in [0.05, 0.1) is 11.5 Å². The van der Waals surface area contributed by atoms with E-state index in [9.17, 15) is 16.8 Å². The van der Waals surface area contributed by atoms with Gasteiger partial charge in [-0.05, 0) is 6.92 Å². The third-order valence-corrected chi connectivity index (χ3v) is 4.40. The van der Waals surface area contributed by atoms with Crippen LogP contribution in [0.3, 0.4) is 0 Å².